The number of hydrogen-bond donors (Lipinski definition) is 2. The van der Waals surface area contributed by atoms with E-state index in [-0.39, 0.29) is 0 Å². The number of H-pyrrole nitrogens is 1. The van der Waals surface area contributed by atoms with Gasteiger partial charge in [0.1, 0.15) is 0 Å². The van der Waals surface area contributed by atoms with Gasteiger partial charge in [0.05, 0.1) is 5.52 Å². The highest BCUT2D eigenvalue weighted by molar-refractivity contribution is 5.84. The Bertz CT molecular complexity index is 794. The van der Waals surface area contributed by atoms with E-state index in [9.17, 15) is 4.79 Å². The first-order chi connectivity index (χ1) is 8.56. The number of rotatable bonds is 1. The van der Waals surface area contributed by atoms with E-state index in [1.165, 1.54) is 0 Å². The van der Waals surface area contributed by atoms with Crippen LogP contribution in [-0.4, -0.2) is 14.8 Å². The monoisotopic (exact) mass is 244 g/mol. The van der Waals surface area contributed by atoms with Crippen LogP contribution in [0.3, 0.4) is 0 Å². The Labute approximate surface area is 102 Å². The number of nitrogens with zero attached hydrogens (tertiary/aromatic N) is 2. The Morgan fingerprint density at radius 2 is 2.22 bits per heavy atom. The van der Waals surface area contributed by atoms with E-state index in [1.54, 1.807) is 10.7 Å². The second kappa shape index (κ2) is 3.49. The number of benzene rings is 1. The standard InChI is InChI=1S/C12H12N4O2/c1-6-10(11(13)15-16(6)2)7-3-4-9-8(5-7)14-12(17)18-9/h3-5H,1-2H3,(H2,13,15)(H,14,17). The molecule has 0 saturated carbocycles. The van der Waals surface area contributed by atoms with Crippen LogP contribution >= 0.6 is 0 Å². The van der Waals surface area contributed by atoms with Gasteiger partial charge in [0.15, 0.2) is 11.4 Å². The zero-order valence-electron chi connectivity index (χ0n) is 10.0. The summed E-state index contributed by atoms with van der Waals surface area (Å²) in [4.78, 5) is 13.7. The van der Waals surface area contributed by atoms with Crippen molar-refractivity contribution in [1.29, 1.82) is 0 Å². The number of hydrogen-bond acceptors (Lipinski definition) is 4. The molecule has 2 aromatic heterocycles. The third kappa shape index (κ3) is 1.42. The zero-order valence-corrected chi connectivity index (χ0v) is 10.0. The SMILES string of the molecule is Cc1c(-c2ccc3oc(=O)[nH]c3c2)c(N)nn1C. The van der Waals surface area contributed by atoms with E-state index in [2.05, 4.69) is 10.1 Å². The first-order valence-corrected chi connectivity index (χ1v) is 5.48. The predicted octanol–water partition coefficient (Wildman–Crippen LogP) is 1.41. The molecule has 0 saturated heterocycles. The lowest BCUT2D eigenvalue weighted by atomic mass is 10.1. The molecule has 1 aromatic carbocycles. The van der Waals surface area contributed by atoms with Gasteiger partial charge in [-0.15, -0.1) is 0 Å². The van der Waals surface area contributed by atoms with Crippen LogP contribution in [0.1, 0.15) is 5.69 Å². The van der Waals surface area contributed by atoms with Gasteiger partial charge >= 0.3 is 5.76 Å². The Kier molecular flexibility index (Phi) is 2.07. The summed E-state index contributed by atoms with van der Waals surface area (Å²) >= 11 is 0. The fourth-order valence-corrected chi connectivity index (χ4v) is 2.10. The van der Waals surface area contributed by atoms with E-state index in [4.69, 9.17) is 10.2 Å². The van der Waals surface area contributed by atoms with Crippen molar-refractivity contribution in [1.82, 2.24) is 14.8 Å². The molecule has 6 heteroatoms. The van der Waals surface area contributed by atoms with Gasteiger partial charge < -0.3 is 10.2 Å². The molecular weight excluding hydrogens is 232 g/mol. The summed E-state index contributed by atoms with van der Waals surface area (Å²) in [5.41, 5.74) is 9.83. The first kappa shape index (κ1) is 10.6. The Morgan fingerprint density at radius 1 is 1.44 bits per heavy atom. The average molecular weight is 244 g/mol. The summed E-state index contributed by atoms with van der Waals surface area (Å²) in [6.07, 6.45) is 0. The molecule has 0 aliphatic carbocycles. The molecule has 0 radical (unpaired) electrons. The Balaban J connectivity index is 2.28. The lowest BCUT2D eigenvalue weighted by Gasteiger charge is -2.01. The lowest BCUT2D eigenvalue weighted by molar-refractivity contribution is 0.555. The molecular formula is C12H12N4O2. The molecule has 0 aliphatic heterocycles. The Hall–Kier alpha value is -2.50. The minimum absolute atomic E-state index is 0.460. The summed E-state index contributed by atoms with van der Waals surface area (Å²) in [5.74, 6) is 0.0122. The second-order valence-electron chi connectivity index (χ2n) is 4.19. The molecule has 0 unspecified atom stereocenters. The lowest BCUT2D eigenvalue weighted by Crippen LogP contribution is -1.93. The minimum atomic E-state index is -0.460. The van der Waals surface area contributed by atoms with Crippen molar-refractivity contribution < 1.29 is 4.42 Å². The summed E-state index contributed by atoms with van der Waals surface area (Å²) in [6, 6.07) is 5.44. The second-order valence-corrected chi connectivity index (χ2v) is 4.19. The molecule has 3 N–H and O–H groups in total. The van der Waals surface area contributed by atoms with E-state index >= 15 is 0 Å². The number of aryl methyl sites for hydroxylation is 1. The zero-order chi connectivity index (χ0) is 12.9. The summed E-state index contributed by atoms with van der Waals surface area (Å²) in [6.45, 7) is 1.95. The molecule has 2 heterocycles. The van der Waals surface area contributed by atoms with Gasteiger partial charge in [0.25, 0.3) is 0 Å². The Morgan fingerprint density at radius 3 is 2.89 bits per heavy atom. The maximum atomic E-state index is 11.1. The number of anilines is 1. The number of nitrogen functional groups attached to an aromatic ring is 1. The summed E-state index contributed by atoms with van der Waals surface area (Å²) in [5, 5.41) is 4.17. The van der Waals surface area contributed by atoms with Gasteiger partial charge in [-0.05, 0) is 24.6 Å². The number of aromatic amines is 1. The van der Waals surface area contributed by atoms with E-state index in [1.807, 2.05) is 26.1 Å². The van der Waals surface area contributed by atoms with Crippen LogP contribution in [0.4, 0.5) is 5.82 Å². The van der Waals surface area contributed by atoms with Gasteiger partial charge in [-0.2, -0.15) is 5.10 Å². The van der Waals surface area contributed by atoms with Crippen LogP contribution in [0.5, 0.6) is 0 Å². The van der Waals surface area contributed by atoms with Crippen molar-refractivity contribution in [2.24, 2.45) is 7.05 Å². The predicted molar refractivity (Wildman–Crippen MR) is 68.2 cm³/mol. The molecule has 0 amide bonds. The first-order valence-electron chi connectivity index (χ1n) is 5.48. The van der Waals surface area contributed by atoms with Crippen LogP contribution < -0.4 is 11.5 Å². The topological polar surface area (TPSA) is 89.8 Å². The van der Waals surface area contributed by atoms with Crippen LogP contribution in [0.15, 0.2) is 27.4 Å². The highest BCUT2D eigenvalue weighted by atomic mass is 16.4. The van der Waals surface area contributed by atoms with Gasteiger partial charge in [0, 0.05) is 18.3 Å². The number of fused-ring (bicyclic) bond motifs is 1. The normalized spacial score (nSPS) is 11.2. The third-order valence-corrected chi connectivity index (χ3v) is 3.07. The van der Waals surface area contributed by atoms with Crippen molar-refractivity contribution in [3.05, 3.63) is 34.4 Å². The smallest absolute Gasteiger partial charge is 0.408 e. The van der Waals surface area contributed by atoms with Gasteiger partial charge in [-0.3, -0.25) is 9.67 Å². The molecule has 6 nitrogen and oxygen atoms in total. The number of nitrogens with one attached hydrogen (secondary N) is 1. The molecule has 92 valence electrons. The molecule has 0 atom stereocenters. The minimum Gasteiger partial charge on any atom is -0.408 e. The van der Waals surface area contributed by atoms with Crippen LogP contribution in [0.25, 0.3) is 22.2 Å². The van der Waals surface area contributed by atoms with Crippen molar-refractivity contribution >= 4 is 16.9 Å². The molecule has 18 heavy (non-hydrogen) atoms. The van der Waals surface area contributed by atoms with Crippen molar-refractivity contribution in [3.63, 3.8) is 0 Å². The van der Waals surface area contributed by atoms with Gasteiger partial charge in [-0.1, -0.05) is 6.07 Å². The van der Waals surface area contributed by atoms with Crippen LogP contribution in [0, 0.1) is 6.92 Å². The number of aromatic nitrogens is 3. The highest BCUT2D eigenvalue weighted by Gasteiger charge is 2.13. The van der Waals surface area contributed by atoms with Gasteiger partial charge in [0.2, 0.25) is 0 Å². The van der Waals surface area contributed by atoms with E-state index in [0.29, 0.717) is 16.9 Å². The molecule has 3 rings (SSSR count). The van der Waals surface area contributed by atoms with E-state index < -0.39 is 5.76 Å². The molecule has 0 spiro atoms. The van der Waals surface area contributed by atoms with Crippen LogP contribution in [-0.2, 0) is 7.05 Å². The van der Waals surface area contributed by atoms with Crippen molar-refractivity contribution in [2.45, 2.75) is 6.92 Å². The molecule has 0 aliphatic rings. The van der Waals surface area contributed by atoms with Crippen LogP contribution in [0.2, 0.25) is 0 Å². The number of oxazole rings is 1. The van der Waals surface area contributed by atoms with Crippen molar-refractivity contribution in [2.75, 3.05) is 5.73 Å². The van der Waals surface area contributed by atoms with Gasteiger partial charge in [-0.25, -0.2) is 4.79 Å². The third-order valence-electron chi connectivity index (χ3n) is 3.07. The average Bonchev–Trinajstić information content (AvgIpc) is 2.78. The summed E-state index contributed by atoms with van der Waals surface area (Å²) in [7, 11) is 1.84. The fraction of sp³-hybridized carbons (Fsp3) is 0.167. The number of nitrogens with two attached hydrogens (primary N) is 1. The quantitative estimate of drug-likeness (QED) is 0.677. The molecule has 0 bridgehead atoms. The maximum absolute atomic E-state index is 11.1. The molecule has 0 fully saturated rings. The van der Waals surface area contributed by atoms with Crippen molar-refractivity contribution in [3.8, 4) is 11.1 Å². The summed E-state index contributed by atoms with van der Waals surface area (Å²) < 4.78 is 6.69. The largest absolute Gasteiger partial charge is 0.417 e. The highest BCUT2D eigenvalue weighted by Crippen LogP contribution is 2.30. The maximum Gasteiger partial charge on any atom is 0.417 e. The fourth-order valence-electron chi connectivity index (χ4n) is 2.10. The van der Waals surface area contributed by atoms with E-state index in [0.717, 1.165) is 16.8 Å². The molecule has 3 aromatic rings.